The maximum absolute atomic E-state index is 12.6. The molecule has 7 heteroatoms. The number of halogens is 1. The number of likely N-dealkylation sites (tertiary alicyclic amines) is 1. The van der Waals surface area contributed by atoms with Gasteiger partial charge in [0.15, 0.2) is 11.5 Å². The maximum Gasteiger partial charge on any atom is 0.237 e. The smallest absolute Gasteiger partial charge is 0.237 e. The third-order valence-corrected chi connectivity index (χ3v) is 5.06. The van der Waals surface area contributed by atoms with E-state index in [-0.39, 0.29) is 18.3 Å². The molecule has 25 heavy (non-hydrogen) atoms. The highest BCUT2D eigenvalue weighted by Crippen LogP contribution is 2.33. The second-order valence-corrected chi connectivity index (χ2v) is 6.65. The molecule has 3 rings (SSSR count). The number of rotatable bonds is 4. The van der Waals surface area contributed by atoms with Crippen molar-refractivity contribution < 1.29 is 14.3 Å². The van der Waals surface area contributed by atoms with Crippen molar-refractivity contribution in [1.82, 2.24) is 9.80 Å². The number of nitrogens with zero attached hydrogens (tertiary/aromatic N) is 2. The lowest BCUT2D eigenvalue weighted by Crippen LogP contribution is -2.46. The summed E-state index contributed by atoms with van der Waals surface area (Å²) >= 11 is 0. The van der Waals surface area contributed by atoms with Crippen molar-refractivity contribution in [1.29, 1.82) is 0 Å². The van der Waals surface area contributed by atoms with E-state index in [1.54, 1.807) is 14.2 Å². The van der Waals surface area contributed by atoms with Gasteiger partial charge in [0.25, 0.3) is 0 Å². The minimum absolute atomic E-state index is 0. The molecule has 1 fully saturated rings. The lowest BCUT2D eigenvalue weighted by molar-refractivity contribution is -0.133. The van der Waals surface area contributed by atoms with Gasteiger partial charge in [0.1, 0.15) is 0 Å². The van der Waals surface area contributed by atoms with Gasteiger partial charge in [-0.15, -0.1) is 12.4 Å². The lowest BCUT2D eigenvalue weighted by Gasteiger charge is -2.34. The van der Waals surface area contributed by atoms with Crippen LogP contribution in [0.1, 0.15) is 24.0 Å². The fraction of sp³-hybridized carbons (Fsp3) is 0.611. The number of nitrogens with two attached hydrogens (primary N) is 1. The molecule has 0 saturated carbocycles. The number of piperidine rings is 1. The van der Waals surface area contributed by atoms with Gasteiger partial charge in [-0.1, -0.05) is 0 Å². The molecule has 0 bridgehead atoms. The van der Waals surface area contributed by atoms with Crippen LogP contribution in [0.15, 0.2) is 12.1 Å². The average Bonchev–Trinajstić information content (AvgIpc) is 2.61. The van der Waals surface area contributed by atoms with Crippen LogP contribution in [-0.2, 0) is 17.8 Å². The van der Waals surface area contributed by atoms with Crippen LogP contribution >= 0.6 is 12.4 Å². The SMILES string of the molecule is COc1cc2c(cc1OC)CN(C(=O)CN1CCC(N)CC1)CC2.Cl. The standard InChI is InChI=1S/C18H27N3O3.ClH/c1-23-16-9-13-3-8-21(11-14(13)10-17(16)24-2)18(22)12-20-6-4-15(19)5-7-20;/h9-10,15H,3-8,11-12,19H2,1-2H3;1H. The van der Waals surface area contributed by atoms with Crippen LogP contribution in [0.25, 0.3) is 0 Å². The number of carbonyl (C=O) groups excluding carboxylic acids is 1. The molecular formula is C18H28ClN3O3. The summed E-state index contributed by atoms with van der Waals surface area (Å²) in [6.07, 6.45) is 2.81. The summed E-state index contributed by atoms with van der Waals surface area (Å²) in [5, 5.41) is 0. The fourth-order valence-electron chi connectivity index (χ4n) is 3.50. The summed E-state index contributed by atoms with van der Waals surface area (Å²) in [5.41, 5.74) is 8.31. The highest BCUT2D eigenvalue weighted by molar-refractivity contribution is 5.85. The van der Waals surface area contributed by atoms with Gasteiger partial charge < -0.3 is 20.1 Å². The normalized spacial score (nSPS) is 18.3. The summed E-state index contributed by atoms with van der Waals surface area (Å²) in [6, 6.07) is 4.32. The van der Waals surface area contributed by atoms with Crippen LogP contribution in [0.2, 0.25) is 0 Å². The number of benzene rings is 1. The van der Waals surface area contributed by atoms with E-state index in [1.807, 2.05) is 17.0 Å². The monoisotopic (exact) mass is 369 g/mol. The van der Waals surface area contributed by atoms with Crippen LogP contribution in [-0.4, -0.2) is 62.1 Å². The van der Waals surface area contributed by atoms with E-state index in [1.165, 1.54) is 5.56 Å². The van der Waals surface area contributed by atoms with E-state index in [4.69, 9.17) is 15.2 Å². The van der Waals surface area contributed by atoms with Crippen molar-refractivity contribution in [2.24, 2.45) is 5.73 Å². The van der Waals surface area contributed by atoms with Gasteiger partial charge in [-0.3, -0.25) is 9.69 Å². The van der Waals surface area contributed by atoms with Gasteiger partial charge >= 0.3 is 0 Å². The van der Waals surface area contributed by atoms with Gasteiger partial charge in [0.05, 0.1) is 20.8 Å². The highest BCUT2D eigenvalue weighted by Gasteiger charge is 2.25. The Hall–Kier alpha value is -1.50. The Morgan fingerprint density at radius 2 is 1.72 bits per heavy atom. The number of methoxy groups -OCH3 is 2. The van der Waals surface area contributed by atoms with Crippen LogP contribution < -0.4 is 15.2 Å². The molecule has 0 radical (unpaired) electrons. The summed E-state index contributed by atoms with van der Waals surface area (Å²) < 4.78 is 10.7. The number of fused-ring (bicyclic) bond motifs is 1. The molecule has 0 atom stereocenters. The number of ether oxygens (including phenoxy) is 2. The maximum atomic E-state index is 12.6. The number of hydrogen-bond acceptors (Lipinski definition) is 5. The summed E-state index contributed by atoms with van der Waals surface area (Å²) in [5.74, 6) is 1.67. The molecule has 1 aromatic carbocycles. The first-order valence-electron chi connectivity index (χ1n) is 8.60. The average molecular weight is 370 g/mol. The van der Waals surface area contributed by atoms with Crippen molar-refractivity contribution >= 4 is 18.3 Å². The molecule has 140 valence electrons. The van der Waals surface area contributed by atoms with E-state index in [9.17, 15) is 4.79 Å². The first-order chi connectivity index (χ1) is 11.6. The number of hydrogen-bond donors (Lipinski definition) is 1. The molecule has 2 N–H and O–H groups in total. The highest BCUT2D eigenvalue weighted by atomic mass is 35.5. The largest absolute Gasteiger partial charge is 0.493 e. The van der Waals surface area contributed by atoms with Gasteiger partial charge in [0.2, 0.25) is 5.91 Å². The van der Waals surface area contributed by atoms with Gasteiger partial charge in [-0.05, 0) is 42.5 Å². The molecule has 2 heterocycles. The zero-order chi connectivity index (χ0) is 17.1. The van der Waals surface area contributed by atoms with Gasteiger partial charge in [-0.2, -0.15) is 0 Å². The molecule has 1 saturated heterocycles. The molecule has 1 aromatic rings. The molecule has 1 amide bonds. The Morgan fingerprint density at radius 3 is 2.32 bits per heavy atom. The lowest BCUT2D eigenvalue weighted by atomic mass is 9.98. The van der Waals surface area contributed by atoms with Crippen molar-refractivity contribution in [3.63, 3.8) is 0 Å². The molecular weight excluding hydrogens is 342 g/mol. The Balaban J connectivity index is 0.00000225. The number of amides is 1. The van der Waals surface area contributed by atoms with Gasteiger partial charge in [0, 0.05) is 32.2 Å². The third kappa shape index (κ3) is 4.57. The quantitative estimate of drug-likeness (QED) is 0.869. The molecule has 6 nitrogen and oxygen atoms in total. The first-order valence-corrected chi connectivity index (χ1v) is 8.60. The topological polar surface area (TPSA) is 68.0 Å². The van der Waals surface area contributed by atoms with Crippen LogP contribution in [0.5, 0.6) is 11.5 Å². The van der Waals surface area contributed by atoms with Gasteiger partial charge in [-0.25, -0.2) is 0 Å². The Labute approximate surface area is 155 Å². The van der Waals surface area contributed by atoms with E-state index in [0.29, 0.717) is 19.1 Å². The van der Waals surface area contributed by atoms with E-state index in [2.05, 4.69) is 4.90 Å². The zero-order valence-electron chi connectivity index (χ0n) is 15.0. The Bertz CT molecular complexity index is 603. The Morgan fingerprint density at radius 1 is 1.12 bits per heavy atom. The minimum atomic E-state index is 0. The van der Waals surface area contributed by atoms with E-state index >= 15 is 0 Å². The van der Waals surface area contributed by atoms with E-state index < -0.39 is 0 Å². The number of carbonyl (C=O) groups is 1. The van der Waals surface area contributed by atoms with E-state index in [0.717, 1.165) is 56.0 Å². The molecule has 0 aliphatic carbocycles. The van der Waals surface area contributed by atoms with Crippen LogP contribution in [0.3, 0.4) is 0 Å². The molecule has 2 aliphatic heterocycles. The zero-order valence-corrected chi connectivity index (χ0v) is 15.8. The fourth-order valence-corrected chi connectivity index (χ4v) is 3.50. The molecule has 0 spiro atoms. The van der Waals surface area contributed by atoms with Crippen molar-refractivity contribution in [2.45, 2.75) is 31.8 Å². The minimum Gasteiger partial charge on any atom is -0.493 e. The van der Waals surface area contributed by atoms with Crippen LogP contribution in [0.4, 0.5) is 0 Å². The van der Waals surface area contributed by atoms with Crippen molar-refractivity contribution in [2.75, 3.05) is 40.4 Å². The molecule has 0 aromatic heterocycles. The predicted molar refractivity (Wildman–Crippen MR) is 99.6 cm³/mol. The third-order valence-electron chi connectivity index (χ3n) is 5.06. The Kier molecular flexibility index (Phi) is 6.93. The van der Waals surface area contributed by atoms with Crippen molar-refractivity contribution in [3.05, 3.63) is 23.3 Å². The first kappa shape index (κ1) is 19.8. The summed E-state index contributed by atoms with van der Waals surface area (Å²) in [6.45, 7) is 3.73. The second-order valence-electron chi connectivity index (χ2n) is 6.65. The van der Waals surface area contributed by atoms with Crippen molar-refractivity contribution in [3.8, 4) is 11.5 Å². The molecule has 2 aliphatic rings. The van der Waals surface area contributed by atoms with Crippen LogP contribution in [0, 0.1) is 0 Å². The second kappa shape index (κ2) is 8.74. The summed E-state index contributed by atoms with van der Waals surface area (Å²) in [4.78, 5) is 16.8. The predicted octanol–water partition coefficient (Wildman–Crippen LogP) is 1.43. The molecule has 0 unspecified atom stereocenters. The summed E-state index contributed by atoms with van der Waals surface area (Å²) in [7, 11) is 3.28.